The van der Waals surface area contributed by atoms with Crippen molar-refractivity contribution in [1.82, 2.24) is 20.3 Å². The molecule has 1 aromatic heterocycles. The molecule has 0 fully saturated rings. The number of aryl methyl sites for hydroxylation is 1. The summed E-state index contributed by atoms with van der Waals surface area (Å²) in [5.41, 5.74) is 2.26. The first-order chi connectivity index (χ1) is 9.67. The summed E-state index contributed by atoms with van der Waals surface area (Å²) in [6, 6.07) is 8.39. The second-order valence-electron chi connectivity index (χ2n) is 5.07. The van der Waals surface area contributed by atoms with E-state index in [1.807, 2.05) is 31.4 Å². The highest BCUT2D eigenvalue weighted by Gasteiger charge is 2.12. The second-order valence-corrected chi connectivity index (χ2v) is 5.51. The Hall–Kier alpha value is -1.39. The zero-order valence-corrected chi connectivity index (χ0v) is 12.8. The molecule has 0 saturated heterocycles. The molecule has 1 aromatic carbocycles. The van der Waals surface area contributed by atoms with E-state index < -0.39 is 0 Å². The lowest BCUT2D eigenvalue weighted by Gasteiger charge is -2.17. The molecule has 1 N–H and O–H groups in total. The number of rotatable bonds is 7. The summed E-state index contributed by atoms with van der Waals surface area (Å²) < 4.78 is 1.74. The molecule has 2 rings (SSSR count). The lowest BCUT2D eigenvalue weighted by Crippen LogP contribution is -2.34. The maximum Gasteiger partial charge on any atom is 0.0842 e. The molecule has 0 amide bonds. The minimum Gasteiger partial charge on any atom is -0.313 e. The fourth-order valence-electron chi connectivity index (χ4n) is 2.25. The maximum atomic E-state index is 6.05. The van der Waals surface area contributed by atoms with Crippen molar-refractivity contribution >= 4 is 11.6 Å². The summed E-state index contributed by atoms with van der Waals surface area (Å²) in [6.45, 7) is 3.18. The van der Waals surface area contributed by atoms with Crippen molar-refractivity contribution in [3.05, 3.63) is 46.7 Å². The molecule has 1 atom stereocenters. The highest BCUT2D eigenvalue weighted by Crippen LogP contribution is 2.13. The number of halogens is 1. The molecule has 0 radical (unpaired) electrons. The summed E-state index contributed by atoms with van der Waals surface area (Å²) in [7, 11) is 1.89. The zero-order chi connectivity index (χ0) is 14.4. The predicted octanol–water partition coefficient (Wildman–Crippen LogP) is 2.62. The Morgan fingerprint density at radius 2 is 2.20 bits per heavy atom. The van der Waals surface area contributed by atoms with Gasteiger partial charge in [-0.2, -0.15) is 0 Å². The third-order valence-electron chi connectivity index (χ3n) is 3.16. The Labute approximate surface area is 125 Å². The van der Waals surface area contributed by atoms with Crippen molar-refractivity contribution in [2.75, 3.05) is 6.54 Å². The number of hydrogen-bond acceptors (Lipinski definition) is 3. The Kier molecular flexibility index (Phi) is 5.56. The van der Waals surface area contributed by atoms with Gasteiger partial charge in [-0.15, -0.1) is 5.10 Å². The molecule has 0 aliphatic heterocycles. The van der Waals surface area contributed by atoms with Crippen LogP contribution < -0.4 is 5.32 Å². The van der Waals surface area contributed by atoms with E-state index in [9.17, 15) is 0 Å². The highest BCUT2D eigenvalue weighted by atomic mass is 35.5. The number of nitrogens with zero attached hydrogens (tertiary/aromatic N) is 3. The van der Waals surface area contributed by atoms with Gasteiger partial charge in [-0.25, -0.2) is 0 Å². The van der Waals surface area contributed by atoms with Crippen molar-refractivity contribution in [1.29, 1.82) is 0 Å². The largest absolute Gasteiger partial charge is 0.313 e. The predicted molar refractivity (Wildman–Crippen MR) is 81.9 cm³/mol. The average molecular weight is 293 g/mol. The van der Waals surface area contributed by atoms with E-state index in [1.165, 1.54) is 5.56 Å². The third-order valence-corrected chi connectivity index (χ3v) is 3.39. The van der Waals surface area contributed by atoms with Crippen LogP contribution >= 0.6 is 11.6 Å². The Morgan fingerprint density at radius 1 is 1.35 bits per heavy atom. The van der Waals surface area contributed by atoms with Gasteiger partial charge < -0.3 is 5.32 Å². The van der Waals surface area contributed by atoms with Crippen LogP contribution in [0.2, 0.25) is 5.02 Å². The Balaban J connectivity index is 2.02. The summed E-state index contributed by atoms with van der Waals surface area (Å²) in [5.74, 6) is 0. The van der Waals surface area contributed by atoms with Crippen molar-refractivity contribution < 1.29 is 0 Å². The van der Waals surface area contributed by atoms with E-state index in [-0.39, 0.29) is 0 Å². The van der Waals surface area contributed by atoms with E-state index in [2.05, 4.69) is 28.6 Å². The SMILES string of the molecule is CCCNC(Cc1cccc(Cl)c1)Cc1cn(C)nn1. The normalized spacial score (nSPS) is 12.6. The van der Waals surface area contributed by atoms with Crippen LogP contribution in [0, 0.1) is 0 Å². The van der Waals surface area contributed by atoms with Crippen LogP contribution in [0.5, 0.6) is 0 Å². The number of hydrogen-bond donors (Lipinski definition) is 1. The fourth-order valence-corrected chi connectivity index (χ4v) is 2.47. The molecular formula is C15H21ClN4. The average Bonchev–Trinajstić information content (AvgIpc) is 2.81. The van der Waals surface area contributed by atoms with Crippen LogP contribution in [-0.2, 0) is 19.9 Å². The molecule has 0 aliphatic rings. The zero-order valence-electron chi connectivity index (χ0n) is 12.0. The molecule has 0 aliphatic carbocycles. The lowest BCUT2D eigenvalue weighted by atomic mass is 10.0. The van der Waals surface area contributed by atoms with Gasteiger partial charge in [0.1, 0.15) is 0 Å². The number of nitrogens with one attached hydrogen (secondary N) is 1. The highest BCUT2D eigenvalue weighted by molar-refractivity contribution is 6.30. The smallest absolute Gasteiger partial charge is 0.0842 e. The van der Waals surface area contributed by atoms with E-state index >= 15 is 0 Å². The molecule has 5 heteroatoms. The first-order valence-corrected chi connectivity index (χ1v) is 7.38. The van der Waals surface area contributed by atoms with E-state index in [0.29, 0.717) is 6.04 Å². The first-order valence-electron chi connectivity index (χ1n) is 7.00. The van der Waals surface area contributed by atoms with E-state index in [4.69, 9.17) is 11.6 Å². The topological polar surface area (TPSA) is 42.7 Å². The van der Waals surface area contributed by atoms with Gasteiger partial charge in [0.25, 0.3) is 0 Å². The quantitative estimate of drug-likeness (QED) is 0.853. The van der Waals surface area contributed by atoms with Gasteiger partial charge in [-0.3, -0.25) is 4.68 Å². The van der Waals surface area contributed by atoms with Gasteiger partial charge in [-0.05, 0) is 37.1 Å². The van der Waals surface area contributed by atoms with Crippen LogP contribution in [0.3, 0.4) is 0 Å². The van der Waals surface area contributed by atoms with Crippen LogP contribution in [0.15, 0.2) is 30.5 Å². The van der Waals surface area contributed by atoms with Crippen molar-refractivity contribution in [2.24, 2.45) is 7.05 Å². The van der Waals surface area contributed by atoms with Gasteiger partial charge in [0.15, 0.2) is 0 Å². The van der Waals surface area contributed by atoms with Crippen molar-refractivity contribution in [3.63, 3.8) is 0 Å². The number of aromatic nitrogens is 3. The van der Waals surface area contributed by atoms with Crippen molar-refractivity contribution in [2.45, 2.75) is 32.2 Å². The minimum atomic E-state index is 0.352. The van der Waals surface area contributed by atoms with Crippen LogP contribution in [-0.4, -0.2) is 27.6 Å². The van der Waals surface area contributed by atoms with Gasteiger partial charge in [0.05, 0.1) is 5.69 Å². The molecule has 0 saturated carbocycles. The van der Waals surface area contributed by atoms with Crippen LogP contribution in [0.4, 0.5) is 0 Å². The maximum absolute atomic E-state index is 6.05. The lowest BCUT2D eigenvalue weighted by molar-refractivity contribution is 0.500. The van der Waals surface area contributed by atoms with Gasteiger partial charge in [0.2, 0.25) is 0 Å². The minimum absolute atomic E-state index is 0.352. The van der Waals surface area contributed by atoms with Crippen LogP contribution in [0.25, 0.3) is 0 Å². The third kappa shape index (κ3) is 4.62. The summed E-state index contributed by atoms with van der Waals surface area (Å²) in [6.07, 6.45) is 4.91. The molecule has 0 spiro atoms. The summed E-state index contributed by atoms with van der Waals surface area (Å²) in [5, 5.41) is 12.5. The van der Waals surface area contributed by atoms with Gasteiger partial charge in [0, 0.05) is 30.7 Å². The fraction of sp³-hybridized carbons (Fsp3) is 0.467. The van der Waals surface area contributed by atoms with Crippen molar-refractivity contribution in [3.8, 4) is 0 Å². The molecular weight excluding hydrogens is 272 g/mol. The molecule has 1 heterocycles. The Morgan fingerprint density at radius 3 is 2.85 bits per heavy atom. The molecule has 2 aromatic rings. The monoisotopic (exact) mass is 292 g/mol. The number of benzene rings is 1. The standard InChI is InChI=1S/C15H21ClN4/c1-3-7-17-14(10-15-11-20(2)19-18-15)9-12-5-4-6-13(16)8-12/h4-6,8,11,14,17H,3,7,9-10H2,1-2H3. The molecule has 4 nitrogen and oxygen atoms in total. The van der Waals surface area contributed by atoms with E-state index in [0.717, 1.165) is 36.5 Å². The first kappa shape index (κ1) is 15.0. The summed E-state index contributed by atoms with van der Waals surface area (Å²) in [4.78, 5) is 0. The van der Waals surface area contributed by atoms with Gasteiger partial charge >= 0.3 is 0 Å². The van der Waals surface area contributed by atoms with Gasteiger partial charge in [-0.1, -0.05) is 35.9 Å². The molecule has 20 heavy (non-hydrogen) atoms. The molecule has 108 valence electrons. The van der Waals surface area contributed by atoms with Crippen LogP contribution in [0.1, 0.15) is 24.6 Å². The Bertz CT molecular complexity index is 538. The van der Waals surface area contributed by atoms with E-state index in [1.54, 1.807) is 4.68 Å². The second kappa shape index (κ2) is 7.41. The molecule has 1 unspecified atom stereocenters. The summed E-state index contributed by atoms with van der Waals surface area (Å²) >= 11 is 6.05. The molecule has 0 bridgehead atoms.